The number of rotatable bonds is 7. The van der Waals surface area contributed by atoms with Crippen LogP contribution in [-0.4, -0.2) is 36.2 Å². The molecule has 25 heavy (non-hydrogen) atoms. The molecule has 1 aliphatic rings. The second-order valence-corrected chi connectivity index (χ2v) is 6.08. The zero-order valence-electron chi connectivity index (χ0n) is 14.6. The van der Waals surface area contributed by atoms with Crippen molar-refractivity contribution < 1.29 is 14.3 Å². The number of anilines is 1. The standard InChI is InChI=1S/C19H23N3O3/c1-3-4-7-22(2)19(23)15-9-16(12-20-11-15)21-10-14-5-6-17-18(8-14)25-13-24-17/h5-6,8-9,11-12,21H,3-4,7,10,13H2,1-2H3. The number of unbranched alkanes of at least 4 members (excludes halogenated alkanes) is 1. The van der Waals surface area contributed by atoms with Crippen molar-refractivity contribution in [2.75, 3.05) is 25.7 Å². The molecule has 0 atom stereocenters. The molecule has 2 heterocycles. The number of ether oxygens (including phenoxy) is 2. The van der Waals surface area contributed by atoms with Crippen LogP contribution in [0.5, 0.6) is 11.5 Å². The second-order valence-electron chi connectivity index (χ2n) is 6.08. The van der Waals surface area contributed by atoms with Gasteiger partial charge in [-0.05, 0) is 30.2 Å². The van der Waals surface area contributed by atoms with E-state index in [-0.39, 0.29) is 12.7 Å². The number of pyridine rings is 1. The predicted molar refractivity (Wildman–Crippen MR) is 96.0 cm³/mol. The van der Waals surface area contributed by atoms with Gasteiger partial charge in [0.15, 0.2) is 11.5 Å². The third-order valence-electron chi connectivity index (χ3n) is 4.11. The van der Waals surface area contributed by atoms with Gasteiger partial charge in [0, 0.05) is 32.5 Å². The average molecular weight is 341 g/mol. The van der Waals surface area contributed by atoms with E-state index >= 15 is 0 Å². The summed E-state index contributed by atoms with van der Waals surface area (Å²) in [5.74, 6) is 1.53. The molecule has 0 saturated heterocycles. The molecule has 2 aromatic rings. The van der Waals surface area contributed by atoms with Crippen LogP contribution in [0.1, 0.15) is 35.7 Å². The van der Waals surface area contributed by atoms with Crippen LogP contribution >= 0.6 is 0 Å². The van der Waals surface area contributed by atoms with Crippen molar-refractivity contribution in [2.45, 2.75) is 26.3 Å². The molecule has 6 nitrogen and oxygen atoms in total. The van der Waals surface area contributed by atoms with Gasteiger partial charge in [0.2, 0.25) is 6.79 Å². The molecule has 1 aromatic heterocycles. The first-order valence-electron chi connectivity index (χ1n) is 8.50. The van der Waals surface area contributed by atoms with E-state index in [2.05, 4.69) is 17.2 Å². The number of aromatic nitrogens is 1. The molecule has 1 amide bonds. The monoisotopic (exact) mass is 341 g/mol. The minimum absolute atomic E-state index is 0.00678. The fraction of sp³-hybridized carbons (Fsp3) is 0.368. The molecule has 0 fully saturated rings. The molecule has 1 aliphatic heterocycles. The summed E-state index contributed by atoms with van der Waals surface area (Å²) in [5.41, 5.74) is 2.47. The first-order valence-corrected chi connectivity index (χ1v) is 8.50. The molecule has 0 unspecified atom stereocenters. The molecule has 0 bridgehead atoms. The molecule has 132 valence electrons. The van der Waals surface area contributed by atoms with Crippen LogP contribution < -0.4 is 14.8 Å². The van der Waals surface area contributed by atoms with Gasteiger partial charge in [-0.1, -0.05) is 19.4 Å². The Labute approximate surface area is 147 Å². The Hall–Kier alpha value is -2.76. The number of hydrogen-bond donors (Lipinski definition) is 1. The summed E-state index contributed by atoms with van der Waals surface area (Å²) >= 11 is 0. The number of fused-ring (bicyclic) bond motifs is 1. The lowest BCUT2D eigenvalue weighted by molar-refractivity contribution is 0.0793. The third-order valence-corrected chi connectivity index (χ3v) is 4.11. The third kappa shape index (κ3) is 4.21. The minimum Gasteiger partial charge on any atom is -0.454 e. The van der Waals surface area contributed by atoms with Gasteiger partial charge in [-0.15, -0.1) is 0 Å². The van der Waals surface area contributed by atoms with Gasteiger partial charge >= 0.3 is 0 Å². The molecular weight excluding hydrogens is 318 g/mol. The van der Waals surface area contributed by atoms with Crippen LogP contribution in [0.3, 0.4) is 0 Å². The summed E-state index contributed by atoms with van der Waals surface area (Å²) in [7, 11) is 1.82. The summed E-state index contributed by atoms with van der Waals surface area (Å²) < 4.78 is 10.7. The Morgan fingerprint density at radius 2 is 2.08 bits per heavy atom. The van der Waals surface area contributed by atoms with E-state index in [1.54, 1.807) is 17.3 Å². The van der Waals surface area contributed by atoms with Crippen molar-refractivity contribution in [3.63, 3.8) is 0 Å². The van der Waals surface area contributed by atoms with Gasteiger partial charge in [0.05, 0.1) is 11.3 Å². The van der Waals surface area contributed by atoms with E-state index < -0.39 is 0 Å². The fourth-order valence-electron chi connectivity index (χ4n) is 2.63. The average Bonchev–Trinajstić information content (AvgIpc) is 3.11. The van der Waals surface area contributed by atoms with Crippen LogP contribution in [0, 0.1) is 0 Å². The number of benzene rings is 1. The Kier molecular flexibility index (Phi) is 5.38. The largest absolute Gasteiger partial charge is 0.454 e. The van der Waals surface area contributed by atoms with E-state index in [0.717, 1.165) is 42.1 Å². The molecule has 1 N–H and O–H groups in total. The van der Waals surface area contributed by atoms with Crippen LogP contribution in [0.15, 0.2) is 36.7 Å². The number of nitrogens with zero attached hydrogens (tertiary/aromatic N) is 2. The summed E-state index contributed by atoms with van der Waals surface area (Å²) in [6.07, 6.45) is 5.39. The van der Waals surface area contributed by atoms with Crippen molar-refractivity contribution in [1.29, 1.82) is 0 Å². The van der Waals surface area contributed by atoms with E-state index in [9.17, 15) is 4.79 Å². The Morgan fingerprint density at radius 1 is 1.24 bits per heavy atom. The zero-order valence-corrected chi connectivity index (χ0v) is 14.6. The highest BCUT2D eigenvalue weighted by molar-refractivity contribution is 5.94. The number of carbonyl (C=O) groups is 1. The summed E-state index contributed by atoms with van der Waals surface area (Å²) in [4.78, 5) is 18.4. The summed E-state index contributed by atoms with van der Waals surface area (Å²) in [5, 5.41) is 3.30. The first-order chi connectivity index (χ1) is 12.2. The Bertz CT molecular complexity index is 748. The number of carbonyl (C=O) groups excluding carboxylic acids is 1. The minimum atomic E-state index is -0.00678. The maximum Gasteiger partial charge on any atom is 0.255 e. The van der Waals surface area contributed by atoms with Crippen LogP contribution in [0.4, 0.5) is 5.69 Å². The summed E-state index contributed by atoms with van der Waals surface area (Å²) in [6.45, 7) is 3.75. The van der Waals surface area contributed by atoms with Crippen LogP contribution in [-0.2, 0) is 6.54 Å². The first kappa shape index (κ1) is 17.1. The Balaban J connectivity index is 1.62. The quantitative estimate of drug-likeness (QED) is 0.837. The lowest BCUT2D eigenvalue weighted by Crippen LogP contribution is -2.27. The maximum absolute atomic E-state index is 12.4. The zero-order chi connectivity index (χ0) is 17.6. The highest BCUT2D eigenvalue weighted by Gasteiger charge is 2.14. The lowest BCUT2D eigenvalue weighted by Gasteiger charge is -2.17. The topological polar surface area (TPSA) is 63.7 Å². The van der Waals surface area contributed by atoms with E-state index in [4.69, 9.17) is 9.47 Å². The highest BCUT2D eigenvalue weighted by atomic mass is 16.7. The SMILES string of the molecule is CCCCN(C)C(=O)c1cncc(NCc2ccc3c(c2)OCO3)c1. The molecular formula is C19H23N3O3. The van der Waals surface area contributed by atoms with Gasteiger partial charge in [-0.3, -0.25) is 9.78 Å². The lowest BCUT2D eigenvalue weighted by atomic mass is 10.2. The maximum atomic E-state index is 12.4. The van der Waals surface area contributed by atoms with Gasteiger partial charge in [-0.2, -0.15) is 0 Å². The molecule has 0 saturated carbocycles. The Morgan fingerprint density at radius 3 is 2.92 bits per heavy atom. The van der Waals surface area contributed by atoms with E-state index in [1.807, 2.05) is 31.3 Å². The molecule has 0 radical (unpaired) electrons. The van der Waals surface area contributed by atoms with Gasteiger partial charge in [-0.25, -0.2) is 0 Å². The van der Waals surface area contributed by atoms with Gasteiger partial charge in [0.25, 0.3) is 5.91 Å². The van der Waals surface area contributed by atoms with Gasteiger partial charge < -0.3 is 19.7 Å². The number of hydrogen-bond acceptors (Lipinski definition) is 5. The smallest absolute Gasteiger partial charge is 0.255 e. The number of nitrogens with one attached hydrogen (secondary N) is 1. The predicted octanol–water partition coefficient (Wildman–Crippen LogP) is 3.29. The molecule has 1 aromatic carbocycles. The molecule has 6 heteroatoms. The summed E-state index contributed by atoms with van der Waals surface area (Å²) in [6, 6.07) is 7.68. The van der Waals surface area contributed by atoms with Crippen molar-refractivity contribution in [1.82, 2.24) is 9.88 Å². The van der Waals surface area contributed by atoms with Crippen molar-refractivity contribution >= 4 is 11.6 Å². The van der Waals surface area contributed by atoms with Gasteiger partial charge in [0.1, 0.15) is 0 Å². The normalized spacial score (nSPS) is 12.1. The molecule has 3 rings (SSSR count). The number of amides is 1. The van der Waals surface area contributed by atoms with Crippen molar-refractivity contribution in [3.05, 3.63) is 47.8 Å². The molecule has 0 aliphatic carbocycles. The molecule has 0 spiro atoms. The van der Waals surface area contributed by atoms with Crippen LogP contribution in [0.2, 0.25) is 0 Å². The van der Waals surface area contributed by atoms with Crippen molar-refractivity contribution in [3.8, 4) is 11.5 Å². The van der Waals surface area contributed by atoms with Crippen LogP contribution in [0.25, 0.3) is 0 Å². The fourth-order valence-corrected chi connectivity index (χ4v) is 2.63. The van der Waals surface area contributed by atoms with E-state index in [0.29, 0.717) is 12.1 Å². The second kappa shape index (κ2) is 7.88. The highest BCUT2D eigenvalue weighted by Crippen LogP contribution is 2.32. The van der Waals surface area contributed by atoms with E-state index in [1.165, 1.54) is 0 Å². The van der Waals surface area contributed by atoms with Crippen molar-refractivity contribution in [2.24, 2.45) is 0 Å².